The first kappa shape index (κ1) is 10.8. The van der Waals surface area contributed by atoms with Crippen LogP contribution in [-0.4, -0.2) is 21.7 Å². The molecule has 0 amide bonds. The Labute approximate surface area is 105 Å². The molecule has 0 saturated heterocycles. The van der Waals surface area contributed by atoms with Crippen molar-refractivity contribution in [2.24, 2.45) is 0 Å². The Balaban J connectivity index is 2.17. The molecule has 0 atom stereocenters. The van der Waals surface area contributed by atoms with Gasteiger partial charge < -0.3 is 4.74 Å². The minimum absolute atomic E-state index is 0.848. The molecule has 0 unspecified atom stereocenters. The van der Waals surface area contributed by atoms with Gasteiger partial charge in [-0.25, -0.2) is 9.50 Å². The molecule has 0 spiro atoms. The van der Waals surface area contributed by atoms with E-state index in [9.17, 15) is 0 Å². The van der Waals surface area contributed by atoms with Crippen LogP contribution < -0.4 is 4.74 Å². The van der Waals surface area contributed by atoms with E-state index < -0.39 is 0 Å². The molecule has 0 bridgehead atoms. The van der Waals surface area contributed by atoms with Gasteiger partial charge in [-0.15, -0.1) is 0 Å². The fourth-order valence-corrected chi connectivity index (χ4v) is 1.99. The van der Waals surface area contributed by atoms with E-state index in [1.165, 1.54) is 0 Å². The van der Waals surface area contributed by atoms with Crippen LogP contribution in [0.5, 0.6) is 5.75 Å². The largest absolute Gasteiger partial charge is 0.497 e. The van der Waals surface area contributed by atoms with Crippen LogP contribution in [0.1, 0.15) is 5.69 Å². The summed E-state index contributed by atoms with van der Waals surface area (Å²) in [5.41, 5.74) is 3.94. The molecule has 2 aromatic heterocycles. The van der Waals surface area contributed by atoms with E-state index in [-0.39, 0.29) is 0 Å². The van der Waals surface area contributed by atoms with E-state index >= 15 is 0 Å². The van der Waals surface area contributed by atoms with Crippen molar-refractivity contribution in [2.45, 2.75) is 6.92 Å². The fraction of sp³-hybridized carbons (Fsp3) is 0.143. The molecule has 0 saturated carbocycles. The minimum Gasteiger partial charge on any atom is -0.497 e. The molecule has 2 heterocycles. The second-order valence-electron chi connectivity index (χ2n) is 4.11. The Hall–Kier alpha value is -2.36. The van der Waals surface area contributed by atoms with Crippen molar-refractivity contribution in [3.8, 4) is 17.0 Å². The number of aryl methyl sites for hydroxylation is 1. The number of fused-ring (bicyclic) bond motifs is 1. The first-order valence-corrected chi connectivity index (χ1v) is 5.74. The summed E-state index contributed by atoms with van der Waals surface area (Å²) in [6, 6.07) is 11.8. The molecule has 0 radical (unpaired) electrons. The molecule has 0 aliphatic carbocycles. The number of hydrogen-bond acceptors (Lipinski definition) is 3. The normalized spacial score (nSPS) is 10.8. The zero-order chi connectivity index (χ0) is 12.5. The van der Waals surface area contributed by atoms with Crippen molar-refractivity contribution in [3.63, 3.8) is 0 Å². The van der Waals surface area contributed by atoms with Crippen molar-refractivity contribution in [1.29, 1.82) is 0 Å². The zero-order valence-electron chi connectivity index (χ0n) is 10.3. The van der Waals surface area contributed by atoms with Crippen molar-refractivity contribution >= 4 is 5.65 Å². The summed E-state index contributed by atoms with van der Waals surface area (Å²) in [4.78, 5) is 4.30. The highest BCUT2D eigenvalue weighted by molar-refractivity contribution is 5.63. The minimum atomic E-state index is 0.848. The molecule has 0 aliphatic rings. The Kier molecular flexibility index (Phi) is 2.48. The lowest BCUT2D eigenvalue weighted by atomic mass is 10.1. The summed E-state index contributed by atoms with van der Waals surface area (Å²) in [6.07, 6.45) is 1.80. The average molecular weight is 239 g/mol. The maximum absolute atomic E-state index is 5.16. The van der Waals surface area contributed by atoms with Gasteiger partial charge in [-0.1, -0.05) is 0 Å². The summed E-state index contributed by atoms with van der Waals surface area (Å²) < 4.78 is 7.02. The standard InChI is InChI=1S/C14H13N3O/c1-10-9-14-15-8-7-13(17(14)16-10)11-3-5-12(18-2)6-4-11/h3-9H,1-2H3. The predicted molar refractivity (Wildman–Crippen MR) is 69.7 cm³/mol. The third-order valence-corrected chi connectivity index (χ3v) is 2.87. The zero-order valence-corrected chi connectivity index (χ0v) is 10.3. The molecule has 3 rings (SSSR count). The Morgan fingerprint density at radius 1 is 1.11 bits per heavy atom. The van der Waals surface area contributed by atoms with Gasteiger partial charge in [0.05, 0.1) is 18.5 Å². The third-order valence-electron chi connectivity index (χ3n) is 2.87. The van der Waals surface area contributed by atoms with Crippen LogP contribution in [0.25, 0.3) is 16.9 Å². The van der Waals surface area contributed by atoms with Crippen molar-refractivity contribution < 1.29 is 4.74 Å². The van der Waals surface area contributed by atoms with E-state index in [1.54, 1.807) is 13.3 Å². The highest BCUT2D eigenvalue weighted by Gasteiger charge is 2.06. The highest BCUT2D eigenvalue weighted by atomic mass is 16.5. The van der Waals surface area contributed by atoms with Crippen LogP contribution in [0.4, 0.5) is 0 Å². The van der Waals surface area contributed by atoms with E-state index in [1.807, 2.05) is 47.8 Å². The van der Waals surface area contributed by atoms with E-state index in [0.29, 0.717) is 0 Å². The third kappa shape index (κ3) is 1.72. The van der Waals surface area contributed by atoms with Gasteiger partial charge in [-0.2, -0.15) is 5.10 Å². The van der Waals surface area contributed by atoms with Gasteiger partial charge in [0.2, 0.25) is 0 Å². The van der Waals surface area contributed by atoms with Crippen molar-refractivity contribution in [1.82, 2.24) is 14.6 Å². The summed E-state index contributed by atoms with van der Waals surface area (Å²) in [6.45, 7) is 1.96. The molecule has 18 heavy (non-hydrogen) atoms. The number of benzene rings is 1. The van der Waals surface area contributed by atoms with Crippen LogP contribution in [0.2, 0.25) is 0 Å². The first-order valence-electron chi connectivity index (χ1n) is 5.74. The van der Waals surface area contributed by atoms with Gasteiger partial charge in [-0.05, 0) is 37.3 Å². The molecule has 0 fully saturated rings. The van der Waals surface area contributed by atoms with Gasteiger partial charge in [0.1, 0.15) is 5.75 Å². The quantitative estimate of drug-likeness (QED) is 0.690. The number of rotatable bonds is 2. The monoisotopic (exact) mass is 239 g/mol. The SMILES string of the molecule is COc1ccc(-c2ccnc3cc(C)nn23)cc1. The molecule has 0 aliphatic heterocycles. The number of ether oxygens (including phenoxy) is 1. The maximum Gasteiger partial charge on any atom is 0.155 e. The topological polar surface area (TPSA) is 39.4 Å². The van der Waals surface area contributed by atoms with E-state index in [0.717, 1.165) is 28.3 Å². The molecular weight excluding hydrogens is 226 g/mol. The lowest BCUT2D eigenvalue weighted by Gasteiger charge is -2.05. The average Bonchev–Trinajstić information content (AvgIpc) is 2.79. The summed E-state index contributed by atoms with van der Waals surface area (Å²) in [5.74, 6) is 0.848. The molecule has 4 nitrogen and oxygen atoms in total. The van der Waals surface area contributed by atoms with Gasteiger partial charge in [0, 0.05) is 17.8 Å². The summed E-state index contributed by atoms with van der Waals surface area (Å²) in [7, 11) is 1.66. The molecule has 3 aromatic rings. The highest BCUT2D eigenvalue weighted by Crippen LogP contribution is 2.22. The second-order valence-corrected chi connectivity index (χ2v) is 4.11. The van der Waals surface area contributed by atoms with Crippen LogP contribution in [-0.2, 0) is 0 Å². The molecule has 4 heteroatoms. The van der Waals surface area contributed by atoms with Gasteiger partial charge in [-0.3, -0.25) is 0 Å². The molecule has 1 aromatic carbocycles. The molecule has 0 N–H and O–H groups in total. The van der Waals surface area contributed by atoms with E-state index in [2.05, 4.69) is 10.1 Å². The first-order chi connectivity index (χ1) is 8.78. The lowest BCUT2D eigenvalue weighted by molar-refractivity contribution is 0.415. The summed E-state index contributed by atoms with van der Waals surface area (Å²) >= 11 is 0. The van der Waals surface area contributed by atoms with Crippen LogP contribution in [0.3, 0.4) is 0 Å². The van der Waals surface area contributed by atoms with Crippen LogP contribution >= 0.6 is 0 Å². The smallest absolute Gasteiger partial charge is 0.155 e. The maximum atomic E-state index is 5.16. The van der Waals surface area contributed by atoms with Crippen molar-refractivity contribution in [2.75, 3.05) is 7.11 Å². The van der Waals surface area contributed by atoms with Gasteiger partial charge >= 0.3 is 0 Å². The fourth-order valence-electron chi connectivity index (χ4n) is 1.99. The molecular formula is C14H13N3O. The summed E-state index contributed by atoms with van der Waals surface area (Å²) in [5, 5.41) is 4.45. The number of aromatic nitrogens is 3. The van der Waals surface area contributed by atoms with E-state index in [4.69, 9.17) is 4.74 Å². The Morgan fingerprint density at radius 2 is 1.89 bits per heavy atom. The number of nitrogens with zero attached hydrogens (tertiary/aromatic N) is 3. The number of methoxy groups -OCH3 is 1. The van der Waals surface area contributed by atoms with Gasteiger partial charge in [0.15, 0.2) is 5.65 Å². The Morgan fingerprint density at radius 3 is 2.61 bits per heavy atom. The van der Waals surface area contributed by atoms with Crippen molar-refractivity contribution in [3.05, 3.63) is 48.3 Å². The number of hydrogen-bond donors (Lipinski definition) is 0. The Bertz CT molecular complexity index is 686. The molecule has 90 valence electrons. The second kappa shape index (κ2) is 4.14. The van der Waals surface area contributed by atoms with Crippen LogP contribution in [0.15, 0.2) is 42.6 Å². The van der Waals surface area contributed by atoms with Gasteiger partial charge in [0.25, 0.3) is 0 Å². The predicted octanol–water partition coefficient (Wildman–Crippen LogP) is 2.71. The van der Waals surface area contributed by atoms with Crippen LogP contribution in [0, 0.1) is 6.92 Å². The lowest BCUT2D eigenvalue weighted by Crippen LogP contribution is -1.95.